The largest absolute Gasteiger partial charge is 0.335 e. The van der Waals surface area contributed by atoms with Gasteiger partial charge >= 0.3 is 6.03 Å². The number of urea groups is 1. The lowest BCUT2D eigenvalue weighted by atomic mass is 9.86. The molecule has 7 heteroatoms. The second kappa shape index (κ2) is 8.46. The molecule has 1 fully saturated rings. The van der Waals surface area contributed by atoms with Gasteiger partial charge in [-0.15, -0.1) is 0 Å². The van der Waals surface area contributed by atoms with Gasteiger partial charge in [-0.05, 0) is 45.1 Å². The summed E-state index contributed by atoms with van der Waals surface area (Å²) in [5.74, 6) is 0.247. The Balaban J connectivity index is 1.79. The highest BCUT2D eigenvalue weighted by Crippen LogP contribution is 2.23. The van der Waals surface area contributed by atoms with Gasteiger partial charge in [0.25, 0.3) is 0 Å². The van der Waals surface area contributed by atoms with Gasteiger partial charge in [-0.25, -0.2) is 14.8 Å². The molecule has 1 aromatic heterocycles. The molecule has 0 radical (unpaired) electrons. The summed E-state index contributed by atoms with van der Waals surface area (Å²) in [6.07, 6.45) is 4.44. The Bertz CT molecular complexity index is 598. The Labute approximate surface area is 147 Å². The van der Waals surface area contributed by atoms with E-state index in [1.54, 1.807) is 0 Å². The molecule has 2 rings (SSSR count). The molecule has 0 unspecified atom stereocenters. The smallest absolute Gasteiger partial charge is 0.321 e. The zero-order chi connectivity index (χ0) is 17.7. The molecule has 0 aromatic carbocycles. The van der Waals surface area contributed by atoms with Crippen molar-refractivity contribution in [3.8, 4) is 0 Å². The van der Waals surface area contributed by atoms with Crippen LogP contribution in [0.1, 0.15) is 49.6 Å². The van der Waals surface area contributed by atoms with Crippen LogP contribution in [-0.2, 0) is 4.79 Å². The Kier molecular flexibility index (Phi) is 6.60. The van der Waals surface area contributed by atoms with E-state index in [0.29, 0.717) is 11.1 Å². The number of rotatable bonds is 4. The summed E-state index contributed by atoms with van der Waals surface area (Å²) in [4.78, 5) is 32.6. The van der Waals surface area contributed by atoms with E-state index in [4.69, 9.17) is 0 Å². The van der Waals surface area contributed by atoms with Crippen molar-refractivity contribution in [1.29, 1.82) is 0 Å². The van der Waals surface area contributed by atoms with Crippen molar-refractivity contribution in [1.82, 2.24) is 20.6 Å². The first kappa shape index (κ1) is 18.7. The van der Waals surface area contributed by atoms with E-state index in [0.717, 1.165) is 36.2 Å². The Morgan fingerprint density at radius 2 is 1.75 bits per heavy atom. The highest BCUT2D eigenvalue weighted by Gasteiger charge is 2.23. The van der Waals surface area contributed by atoms with Crippen LogP contribution >= 0.6 is 11.8 Å². The summed E-state index contributed by atoms with van der Waals surface area (Å²) >= 11 is 1.24. The zero-order valence-corrected chi connectivity index (χ0v) is 15.6. The van der Waals surface area contributed by atoms with Gasteiger partial charge < -0.3 is 5.32 Å². The average molecular weight is 350 g/mol. The van der Waals surface area contributed by atoms with Gasteiger partial charge in [0, 0.05) is 17.4 Å². The van der Waals surface area contributed by atoms with Crippen molar-refractivity contribution in [2.45, 2.75) is 64.6 Å². The highest BCUT2D eigenvalue weighted by molar-refractivity contribution is 7.99. The number of aryl methyl sites for hydroxylation is 2. The second-order valence-corrected chi connectivity index (χ2v) is 7.42. The van der Waals surface area contributed by atoms with Crippen LogP contribution in [0.4, 0.5) is 4.79 Å². The predicted molar refractivity (Wildman–Crippen MR) is 95.1 cm³/mol. The summed E-state index contributed by atoms with van der Waals surface area (Å²) in [7, 11) is 0. The van der Waals surface area contributed by atoms with Crippen LogP contribution in [0.25, 0.3) is 0 Å². The lowest BCUT2D eigenvalue weighted by Crippen LogP contribution is -2.48. The summed E-state index contributed by atoms with van der Waals surface area (Å²) in [5.41, 5.74) is 2.88. The molecule has 1 aliphatic carbocycles. The Hall–Kier alpha value is -1.63. The lowest BCUT2D eigenvalue weighted by molar-refractivity contribution is -0.117. The monoisotopic (exact) mass is 350 g/mol. The van der Waals surface area contributed by atoms with Gasteiger partial charge in [0.2, 0.25) is 5.91 Å². The van der Waals surface area contributed by atoms with Crippen molar-refractivity contribution in [3.05, 3.63) is 17.0 Å². The van der Waals surface area contributed by atoms with Crippen LogP contribution in [0.15, 0.2) is 5.16 Å². The fraction of sp³-hybridized carbons (Fsp3) is 0.647. The van der Waals surface area contributed by atoms with Gasteiger partial charge in [0.1, 0.15) is 0 Å². The average Bonchev–Trinajstić information content (AvgIpc) is 2.52. The number of imide groups is 1. The molecule has 0 saturated heterocycles. The first-order valence-electron chi connectivity index (χ1n) is 8.41. The maximum atomic E-state index is 11.9. The summed E-state index contributed by atoms with van der Waals surface area (Å²) in [6, 6.07) is -0.249. The van der Waals surface area contributed by atoms with Crippen LogP contribution < -0.4 is 10.6 Å². The number of aromatic nitrogens is 2. The number of carbonyl (C=O) groups is 2. The van der Waals surface area contributed by atoms with Crippen molar-refractivity contribution >= 4 is 23.7 Å². The SMILES string of the molecule is Cc1nc(SCC(=O)NC(=O)N[C@@H]2CCCC[C@H]2C)nc(C)c1C. The van der Waals surface area contributed by atoms with Crippen LogP contribution in [0, 0.1) is 26.7 Å². The van der Waals surface area contributed by atoms with E-state index in [1.807, 2.05) is 20.8 Å². The predicted octanol–water partition coefficient (Wildman–Crippen LogP) is 2.90. The van der Waals surface area contributed by atoms with Crippen LogP contribution in [0.3, 0.4) is 0 Å². The van der Waals surface area contributed by atoms with E-state index < -0.39 is 6.03 Å². The van der Waals surface area contributed by atoms with Crippen molar-refractivity contribution < 1.29 is 9.59 Å². The topological polar surface area (TPSA) is 84.0 Å². The minimum absolute atomic E-state index is 0.121. The fourth-order valence-corrected chi connectivity index (χ4v) is 3.57. The molecule has 2 atom stereocenters. The van der Waals surface area contributed by atoms with Gasteiger partial charge in [0.05, 0.1) is 5.75 Å². The Morgan fingerprint density at radius 3 is 2.38 bits per heavy atom. The molecular weight excluding hydrogens is 324 g/mol. The normalized spacial score (nSPS) is 20.5. The standard InChI is InChI=1S/C17H26N4O2S/c1-10-7-5-6-8-14(10)20-16(23)21-15(22)9-24-17-18-12(3)11(2)13(4)19-17/h10,14H,5-9H2,1-4H3,(H2,20,21,22,23)/t10-,14-/m1/s1. The molecule has 6 nitrogen and oxygen atoms in total. The summed E-state index contributed by atoms with van der Waals surface area (Å²) in [6.45, 7) is 7.96. The van der Waals surface area contributed by atoms with Crippen molar-refractivity contribution in [3.63, 3.8) is 0 Å². The van der Waals surface area contributed by atoms with E-state index in [-0.39, 0.29) is 17.7 Å². The van der Waals surface area contributed by atoms with Crippen LogP contribution in [0.2, 0.25) is 0 Å². The van der Waals surface area contributed by atoms with E-state index >= 15 is 0 Å². The van der Waals surface area contributed by atoms with Crippen LogP contribution in [-0.4, -0.2) is 33.7 Å². The minimum atomic E-state index is -0.406. The number of hydrogen-bond donors (Lipinski definition) is 2. The molecule has 1 saturated carbocycles. The zero-order valence-electron chi connectivity index (χ0n) is 14.8. The number of nitrogens with zero attached hydrogens (tertiary/aromatic N) is 2. The van der Waals surface area contributed by atoms with Crippen LogP contribution in [0.5, 0.6) is 0 Å². The molecule has 0 spiro atoms. The quantitative estimate of drug-likeness (QED) is 0.644. The summed E-state index contributed by atoms with van der Waals surface area (Å²) < 4.78 is 0. The molecule has 0 aliphatic heterocycles. The maximum absolute atomic E-state index is 11.9. The minimum Gasteiger partial charge on any atom is -0.335 e. The van der Waals surface area contributed by atoms with Crippen molar-refractivity contribution in [2.24, 2.45) is 5.92 Å². The van der Waals surface area contributed by atoms with Gasteiger partial charge in [-0.3, -0.25) is 10.1 Å². The van der Waals surface area contributed by atoms with E-state index in [1.165, 1.54) is 18.2 Å². The highest BCUT2D eigenvalue weighted by atomic mass is 32.2. The first-order valence-corrected chi connectivity index (χ1v) is 9.40. The van der Waals surface area contributed by atoms with Gasteiger partial charge in [0.15, 0.2) is 5.16 Å². The fourth-order valence-electron chi connectivity index (χ4n) is 2.83. The third kappa shape index (κ3) is 5.19. The number of amides is 3. The van der Waals surface area contributed by atoms with Crippen molar-refractivity contribution in [2.75, 3.05) is 5.75 Å². The maximum Gasteiger partial charge on any atom is 0.321 e. The molecule has 0 bridgehead atoms. The molecule has 132 valence electrons. The lowest BCUT2D eigenvalue weighted by Gasteiger charge is -2.29. The number of hydrogen-bond acceptors (Lipinski definition) is 5. The third-order valence-electron chi connectivity index (χ3n) is 4.63. The van der Waals surface area contributed by atoms with Gasteiger partial charge in [-0.1, -0.05) is 31.5 Å². The summed E-state index contributed by atoms with van der Waals surface area (Å²) in [5, 5.41) is 5.87. The molecule has 2 N–H and O–H groups in total. The second-order valence-electron chi connectivity index (χ2n) is 6.48. The molecular formula is C17H26N4O2S. The molecule has 3 amide bonds. The van der Waals surface area contributed by atoms with Gasteiger partial charge in [-0.2, -0.15) is 0 Å². The van der Waals surface area contributed by atoms with E-state index in [9.17, 15) is 9.59 Å². The third-order valence-corrected chi connectivity index (χ3v) is 5.47. The number of carbonyl (C=O) groups excluding carboxylic acids is 2. The molecule has 1 heterocycles. The molecule has 24 heavy (non-hydrogen) atoms. The first-order chi connectivity index (χ1) is 11.4. The molecule has 1 aliphatic rings. The Morgan fingerprint density at radius 1 is 1.12 bits per heavy atom. The number of nitrogens with one attached hydrogen (secondary N) is 2. The molecule has 1 aromatic rings. The number of thioether (sulfide) groups is 1. The van der Waals surface area contributed by atoms with E-state index in [2.05, 4.69) is 27.5 Å².